The van der Waals surface area contributed by atoms with Crippen molar-refractivity contribution in [1.29, 1.82) is 0 Å². The summed E-state index contributed by atoms with van der Waals surface area (Å²) in [4.78, 5) is 2.47. The molecule has 1 N–H and O–H groups in total. The molecule has 0 spiro atoms. The highest BCUT2D eigenvalue weighted by atomic mass is 16.3. The molecular formula is C11H23NO. The van der Waals surface area contributed by atoms with Gasteiger partial charge in [0.05, 0.1) is 0 Å². The van der Waals surface area contributed by atoms with E-state index in [0.717, 1.165) is 25.3 Å². The van der Waals surface area contributed by atoms with Crippen LogP contribution in [0, 0.1) is 11.3 Å². The summed E-state index contributed by atoms with van der Waals surface area (Å²) in [5.41, 5.74) is 0.167. The van der Waals surface area contributed by atoms with Gasteiger partial charge in [-0.05, 0) is 18.8 Å². The molecule has 1 aliphatic heterocycles. The minimum Gasteiger partial charge on any atom is -0.396 e. The summed E-state index contributed by atoms with van der Waals surface area (Å²) in [6.07, 6.45) is 2.18. The Kier molecular flexibility index (Phi) is 3.74. The van der Waals surface area contributed by atoms with Crippen LogP contribution in [0.5, 0.6) is 0 Å². The van der Waals surface area contributed by atoms with E-state index in [-0.39, 0.29) is 5.41 Å². The van der Waals surface area contributed by atoms with Crippen LogP contribution in [0.1, 0.15) is 33.6 Å². The Labute approximate surface area is 81.9 Å². The standard InChI is InChI=1S/C11H23NO/c1-4-11(5-2,9-13)8-12-6-10(3)7-12/h10,13H,4-9H2,1-3H3. The summed E-state index contributed by atoms with van der Waals surface area (Å²) in [6, 6.07) is 0. The summed E-state index contributed by atoms with van der Waals surface area (Å²) >= 11 is 0. The normalized spacial score (nSPS) is 20.3. The van der Waals surface area contributed by atoms with Crippen LogP contribution in [0.2, 0.25) is 0 Å². The van der Waals surface area contributed by atoms with Crippen LogP contribution < -0.4 is 0 Å². The van der Waals surface area contributed by atoms with Crippen LogP contribution in [-0.4, -0.2) is 36.2 Å². The van der Waals surface area contributed by atoms with Gasteiger partial charge in [0.25, 0.3) is 0 Å². The molecule has 0 aromatic carbocycles. The Bertz CT molecular complexity index is 140. The maximum Gasteiger partial charge on any atom is 0.0499 e. The second-order valence-electron chi connectivity index (χ2n) is 4.66. The fourth-order valence-electron chi connectivity index (χ4n) is 2.18. The van der Waals surface area contributed by atoms with Gasteiger partial charge in [-0.2, -0.15) is 0 Å². The molecule has 1 rings (SSSR count). The van der Waals surface area contributed by atoms with E-state index in [1.165, 1.54) is 13.1 Å². The first-order valence-corrected chi connectivity index (χ1v) is 5.49. The average Bonchev–Trinajstić information content (AvgIpc) is 2.11. The molecule has 78 valence electrons. The third-order valence-electron chi connectivity index (χ3n) is 3.53. The number of rotatable bonds is 5. The van der Waals surface area contributed by atoms with E-state index in [2.05, 4.69) is 25.7 Å². The van der Waals surface area contributed by atoms with Crippen LogP contribution in [0.3, 0.4) is 0 Å². The van der Waals surface area contributed by atoms with Gasteiger partial charge in [0.1, 0.15) is 0 Å². The molecule has 0 aliphatic carbocycles. The molecule has 1 aliphatic rings. The minimum atomic E-state index is 0.167. The summed E-state index contributed by atoms with van der Waals surface area (Å²) < 4.78 is 0. The third kappa shape index (κ3) is 2.44. The van der Waals surface area contributed by atoms with E-state index in [4.69, 9.17) is 0 Å². The highest BCUT2D eigenvalue weighted by Gasteiger charge is 2.32. The summed E-state index contributed by atoms with van der Waals surface area (Å²) in [7, 11) is 0. The van der Waals surface area contributed by atoms with Gasteiger partial charge in [0.2, 0.25) is 0 Å². The molecule has 0 unspecified atom stereocenters. The monoisotopic (exact) mass is 185 g/mol. The lowest BCUT2D eigenvalue weighted by molar-refractivity contribution is 0.0166. The number of aliphatic hydroxyl groups excluding tert-OH is 1. The molecule has 0 aromatic rings. The maximum absolute atomic E-state index is 9.38. The van der Waals surface area contributed by atoms with E-state index < -0.39 is 0 Å². The number of likely N-dealkylation sites (tertiary alicyclic amines) is 1. The summed E-state index contributed by atoms with van der Waals surface area (Å²) in [5, 5.41) is 9.38. The van der Waals surface area contributed by atoms with E-state index in [0.29, 0.717) is 6.61 Å². The van der Waals surface area contributed by atoms with Crippen molar-refractivity contribution in [2.24, 2.45) is 11.3 Å². The largest absolute Gasteiger partial charge is 0.396 e. The molecule has 0 atom stereocenters. The van der Waals surface area contributed by atoms with Crippen molar-refractivity contribution in [2.45, 2.75) is 33.6 Å². The molecule has 1 saturated heterocycles. The van der Waals surface area contributed by atoms with Crippen molar-refractivity contribution in [3.05, 3.63) is 0 Å². The SMILES string of the molecule is CCC(CC)(CO)CN1CC(C)C1. The zero-order valence-corrected chi connectivity index (χ0v) is 9.21. The van der Waals surface area contributed by atoms with Crippen LogP contribution in [0.4, 0.5) is 0 Å². The Morgan fingerprint density at radius 2 is 1.85 bits per heavy atom. The number of hydrogen-bond donors (Lipinski definition) is 1. The summed E-state index contributed by atoms with van der Waals surface area (Å²) in [6.45, 7) is 10.5. The Morgan fingerprint density at radius 1 is 1.31 bits per heavy atom. The molecule has 0 amide bonds. The minimum absolute atomic E-state index is 0.167. The van der Waals surface area contributed by atoms with Crippen molar-refractivity contribution in [3.63, 3.8) is 0 Å². The number of nitrogens with zero attached hydrogens (tertiary/aromatic N) is 1. The number of hydrogen-bond acceptors (Lipinski definition) is 2. The first-order chi connectivity index (χ1) is 6.15. The lowest BCUT2D eigenvalue weighted by Gasteiger charge is -2.43. The van der Waals surface area contributed by atoms with Crippen molar-refractivity contribution >= 4 is 0 Å². The van der Waals surface area contributed by atoms with Gasteiger partial charge in [-0.15, -0.1) is 0 Å². The van der Waals surface area contributed by atoms with Gasteiger partial charge in [-0.1, -0.05) is 20.8 Å². The fraction of sp³-hybridized carbons (Fsp3) is 1.00. The molecule has 13 heavy (non-hydrogen) atoms. The van der Waals surface area contributed by atoms with Crippen molar-refractivity contribution in [3.8, 4) is 0 Å². The summed E-state index contributed by atoms with van der Waals surface area (Å²) in [5.74, 6) is 0.866. The molecular weight excluding hydrogens is 162 g/mol. The van der Waals surface area contributed by atoms with Crippen LogP contribution in [-0.2, 0) is 0 Å². The van der Waals surface area contributed by atoms with Gasteiger partial charge >= 0.3 is 0 Å². The topological polar surface area (TPSA) is 23.5 Å². The molecule has 1 fully saturated rings. The predicted molar refractivity (Wildman–Crippen MR) is 55.7 cm³/mol. The van der Waals surface area contributed by atoms with E-state index in [1.807, 2.05) is 0 Å². The van der Waals surface area contributed by atoms with Crippen LogP contribution in [0.15, 0.2) is 0 Å². The quantitative estimate of drug-likeness (QED) is 0.705. The second-order valence-corrected chi connectivity index (χ2v) is 4.66. The fourth-order valence-corrected chi connectivity index (χ4v) is 2.18. The predicted octanol–water partition coefficient (Wildman–Crippen LogP) is 1.74. The zero-order valence-electron chi connectivity index (χ0n) is 9.21. The molecule has 0 bridgehead atoms. The van der Waals surface area contributed by atoms with Crippen molar-refractivity contribution < 1.29 is 5.11 Å². The van der Waals surface area contributed by atoms with Crippen LogP contribution in [0.25, 0.3) is 0 Å². The van der Waals surface area contributed by atoms with E-state index in [9.17, 15) is 5.11 Å². The van der Waals surface area contributed by atoms with E-state index in [1.54, 1.807) is 0 Å². The lowest BCUT2D eigenvalue weighted by Crippen LogP contribution is -2.51. The van der Waals surface area contributed by atoms with Crippen molar-refractivity contribution in [1.82, 2.24) is 4.90 Å². The molecule has 0 saturated carbocycles. The van der Waals surface area contributed by atoms with Crippen molar-refractivity contribution in [2.75, 3.05) is 26.2 Å². The maximum atomic E-state index is 9.38. The van der Waals surface area contributed by atoms with Gasteiger partial charge in [-0.25, -0.2) is 0 Å². The Hall–Kier alpha value is -0.0800. The first kappa shape index (κ1) is 11.0. The van der Waals surface area contributed by atoms with Gasteiger partial charge in [0.15, 0.2) is 0 Å². The molecule has 2 nitrogen and oxygen atoms in total. The van der Waals surface area contributed by atoms with Crippen LogP contribution >= 0.6 is 0 Å². The Morgan fingerprint density at radius 3 is 2.15 bits per heavy atom. The molecule has 2 heteroatoms. The third-order valence-corrected chi connectivity index (χ3v) is 3.53. The zero-order chi connectivity index (χ0) is 9.90. The second kappa shape index (κ2) is 4.43. The highest BCUT2D eigenvalue weighted by Crippen LogP contribution is 2.29. The smallest absolute Gasteiger partial charge is 0.0499 e. The lowest BCUT2D eigenvalue weighted by atomic mass is 9.81. The first-order valence-electron chi connectivity index (χ1n) is 5.49. The molecule has 1 heterocycles. The number of aliphatic hydroxyl groups is 1. The Balaban J connectivity index is 2.38. The molecule has 0 radical (unpaired) electrons. The van der Waals surface area contributed by atoms with Gasteiger partial charge in [0, 0.05) is 31.7 Å². The highest BCUT2D eigenvalue weighted by molar-refractivity contribution is 4.85. The average molecular weight is 185 g/mol. The van der Waals surface area contributed by atoms with Gasteiger partial charge in [-0.3, -0.25) is 0 Å². The van der Waals surface area contributed by atoms with Gasteiger partial charge < -0.3 is 10.0 Å². The molecule has 0 aromatic heterocycles. The van der Waals surface area contributed by atoms with E-state index >= 15 is 0 Å².